The van der Waals surface area contributed by atoms with Crippen LogP contribution in [0.25, 0.3) is 0 Å². The molecule has 0 saturated heterocycles. The second kappa shape index (κ2) is 15.9. The van der Waals surface area contributed by atoms with Gasteiger partial charge in [-0.25, -0.2) is 0 Å². The fraction of sp³-hybridized carbons (Fsp3) is 0.400. The van der Waals surface area contributed by atoms with E-state index in [1.807, 2.05) is 0 Å². The van der Waals surface area contributed by atoms with Gasteiger partial charge in [0.15, 0.2) is 0 Å². The Hall–Kier alpha value is 0.630. The number of carbonyl (C=O) groups excluding carboxylic acids is 3. The third kappa shape index (κ3) is 13.9. The summed E-state index contributed by atoms with van der Waals surface area (Å²) in [6.45, 7) is 0. The fourth-order valence-electron chi connectivity index (χ4n) is 2.01. The molecule has 1 aromatic carbocycles. The van der Waals surface area contributed by atoms with E-state index in [-0.39, 0.29) is 127 Å². The summed E-state index contributed by atoms with van der Waals surface area (Å²) < 4.78 is 0. The van der Waals surface area contributed by atoms with E-state index in [4.69, 9.17) is 0 Å². The van der Waals surface area contributed by atoms with Crippen LogP contribution in [0.2, 0.25) is 0 Å². The minimum absolute atomic E-state index is 0. The molecule has 0 aliphatic heterocycles. The second-order valence-electron chi connectivity index (χ2n) is 4.77. The Morgan fingerprint density at radius 1 is 0.583 bits per heavy atom. The zero-order valence-electron chi connectivity index (χ0n) is 14.4. The molecule has 0 spiro atoms. The summed E-state index contributed by atoms with van der Waals surface area (Å²) in [6, 6.07) is 5.15. The molecule has 0 atom stereocenters. The topological polar surface area (TPSA) is 120 Å². The molecule has 0 radical (unpaired) electrons. The van der Waals surface area contributed by atoms with Crippen LogP contribution in [0.5, 0.6) is 0 Å². The van der Waals surface area contributed by atoms with Gasteiger partial charge in [-0.2, -0.15) is 0 Å². The van der Waals surface area contributed by atoms with Crippen LogP contribution in [0.3, 0.4) is 0 Å². The summed E-state index contributed by atoms with van der Waals surface area (Å²) in [4.78, 5) is 31.5. The monoisotopic (exact) mass is 360 g/mol. The van der Waals surface area contributed by atoms with Crippen LogP contribution >= 0.6 is 0 Å². The van der Waals surface area contributed by atoms with Crippen molar-refractivity contribution in [2.45, 2.75) is 38.5 Å². The number of aliphatic carboxylic acids is 3. The normalized spacial score (nSPS) is 9.00. The Morgan fingerprint density at radius 2 is 0.792 bits per heavy atom. The van der Waals surface area contributed by atoms with Gasteiger partial charge in [-0.1, -0.05) is 18.2 Å². The number of carboxylic acid groups (broad SMARTS) is 3. The van der Waals surface area contributed by atoms with E-state index < -0.39 is 17.9 Å². The Bertz CT molecular complexity index is 459. The van der Waals surface area contributed by atoms with Crippen LogP contribution in [0.15, 0.2) is 18.2 Å². The van der Waals surface area contributed by atoms with Gasteiger partial charge in [0, 0.05) is 17.9 Å². The smallest absolute Gasteiger partial charge is 0.550 e. The first-order valence-corrected chi connectivity index (χ1v) is 6.58. The number of carboxylic acids is 3. The molecule has 0 bridgehead atoms. The van der Waals surface area contributed by atoms with Crippen molar-refractivity contribution >= 4 is 17.9 Å². The van der Waals surface area contributed by atoms with E-state index in [2.05, 4.69) is 0 Å². The zero-order chi connectivity index (χ0) is 15.8. The number of benzene rings is 1. The van der Waals surface area contributed by atoms with Crippen molar-refractivity contribution < 1.29 is 118 Å². The Morgan fingerprint density at radius 3 is 0.958 bits per heavy atom. The molecule has 1 rings (SSSR count). The molecule has 9 heteroatoms. The number of hydrogen-bond acceptors (Lipinski definition) is 6. The van der Waals surface area contributed by atoms with E-state index in [0.717, 1.165) is 0 Å². The molecule has 0 N–H and O–H groups in total. The van der Waals surface area contributed by atoms with Gasteiger partial charge in [-0.15, -0.1) is 0 Å². The summed E-state index contributed by atoms with van der Waals surface area (Å²) in [6.07, 6.45) is 0.303. The molecule has 0 aliphatic rings. The average molecular weight is 360 g/mol. The van der Waals surface area contributed by atoms with Gasteiger partial charge in [-0.05, 0) is 55.2 Å². The van der Waals surface area contributed by atoms with Crippen molar-refractivity contribution in [2.24, 2.45) is 0 Å². The molecule has 6 nitrogen and oxygen atoms in total. The van der Waals surface area contributed by atoms with E-state index in [9.17, 15) is 29.7 Å². The minimum atomic E-state index is -1.17. The number of carbonyl (C=O) groups is 3. The summed E-state index contributed by atoms with van der Waals surface area (Å²) in [7, 11) is 0. The van der Waals surface area contributed by atoms with Crippen molar-refractivity contribution in [1.29, 1.82) is 0 Å². The molecule has 0 heterocycles. The van der Waals surface area contributed by atoms with Crippen molar-refractivity contribution in [2.75, 3.05) is 0 Å². The molecule has 0 amide bonds. The van der Waals surface area contributed by atoms with Gasteiger partial charge in [0.2, 0.25) is 0 Å². The van der Waals surface area contributed by atoms with Crippen molar-refractivity contribution in [3.63, 3.8) is 0 Å². The van der Waals surface area contributed by atoms with Crippen LogP contribution in [0.1, 0.15) is 36.0 Å². The predicted molar refractivity (Wildman–Crippen MR) is 66.4 cm³/mol. The van der Waals surface area contributed by atoms with E-state index in [1.165, 1.54) is 0 Å². The van der Waals surface area contributed by atoms with E-state index in [0.29, 0.717) is 16.7 Å². The first-order chi connectivity index (χ1) is 9.86. The summed E-state index contributed by atoms with van der Waals surface area (Å²) in [5, 5.41) is 31.5. The van der Waals surface area contributed by atoms with Crippen LogP contribution in [0.4, 0.5) is 0 Å². The molecule has 0 saturated carbocycles. The van der Waals surface area contributed by atoms with E-state index in [1.54, 1.807) is 18.2 Å². The maximum Gasteiger partial charge on any atom is 1.00 e. The SMILES string of the molecule is O=C([O-])CCc1cc(CCC(=O)[O-])cc(CCC(=O)[O-])c1.[Na+].[Na+].[Na+]. The largest absolute Gasteiger partial charge is 1.00 e. The number of rotatable bonds is 9. The van der Waals surface area contributed by atoms with Gasteiger partial charge in [0.1, 0.15) is 0 Å². The molecule has 0 unspecified atom stereocenters. The first-order valence-electron chi connectivity index (χ1n) is 6.58. The summed E-state index contributed by atoms with van der Waals surface area (Å²) in [5.41, 5.74) is 2.13. The summed E-state index contributed by atoms with van der Waals surface area (Å²) >= 11 is 0. The second-order valence-corrected chi connectivity index (χ2v) is 4.77. The van der Waals surface area contributed by atoms with Crippen molar-refractivity contribution in [1.82, 2.24) is 0 Å². The van der Waals surface area contributed by atoms with Gasteiger partial charge in [0.25, 0.3) is 0 Å². The molecule has 0 aliphatic carbocycles. The van der Waals surface area contributed by atoms with Gasteiger partial charge in [0.05, 0.1) is 0 Å². The van der Waals surface area contributed by atoms with Crippen molar-refractivity contribution in [3.05, 3.63) is 34.9 Å². The Kier molecular flexibility index (Phi) is 19.4. The van der Waals surface area contributed by atoms with Crippen LogP contribution in [0, 0.1) is 0 Å². The third-order valence-corrected chi connectivity index (χ3v) is 2.97. The quantitative estimate of drug-likeness (QED) is 0.403. The third-order valence-electron chi connectivity index (χ3n) is 2.97. The number of hydrogen-bond donors (Lipinski definition) is 0. The Balaban J connectivity index is -0.00000147. The molecular formula is C15H15Na3O6. The number of aryl methyl sites for hydroxylation is 3. The standard InChI is InChI=1S/C15H18O6.3Na/c16-13(17)4-1-10-7-11(2-5-14(18)19)9-12(8-10)3-6-15(20)21;;;/h7-9H,1-6H2,(H,16,17)(H,18,19)(H,20,21);;;/q;3*+1/p-3. The molecule has 0 fully saturated rings. The van der Waals surface area contributed by atoms with Gasteiger partial charge < -0.3 is 29.7 Å². The predicted octanol–water partition coefficient (Wildman–Crippen LogP) is -11.3. The first kappa shape index (κ1) is 29.4. The molecular weight excluding hydrogens is 345 g/mol. The zero-order valence-corrected chi connectivity index (χ0v) is 20.4. The van der Waals surface area contributed by atoms with Crippen LogP contribution in [-0.4, -0.2) is 17.9 Å². The van der Waals surface area contributed by atoms with Gasteiger partial charge >= 0.3 is 88.7 Å². The minimum Gasteiger partial charge on any atom is -0.550 e. The molecule has 0 aromatic heterocycles. The van der Waals surface area contributed by atoms with Gasteiger partial charge in [-0.3, -0.25) is 0 Å². The van der Waals surface area contributed by atoms with E-state index >= 15 is 0 Å². The Labute approximate surface area is 207 Å². The molecule has 1 aromatic rings. The van der Waals surface area contributed by atoms with Crippen LogP contribution < -0.4 is 104 Å². The van der Waals surface area contributed by atoms with Crippen LogP contribution in [-0.2, 0) is 33.6 Å². The summed E-state index contributed by atoms with van der Waals surface area (Å²) in [5.74, 6) is -3.52. The fourth-order valence-corrected chi connectivity index (χ4v) is 2.01. The maximum atomic E-state index is 10.5. The molecule has 24 heavy (non-hydrogen) atoms. The van der Waals surface area contributed by atoms with Crippen molar-refractivity contribution in [3.8, 4) is 0 Å². The molecule has 114 valence electrons. The average Bonchev–Trinajstić information content (AvgIpc) is 2.40. The maximum absolute atomic E-state index is 10.5.